The Hall–Kier alpha value is -4.33. The summed E-state index contributed by atoms with van der Waals surface area (Å²) in [6, 6.07) is 10.8. The molecule has 0 unspecified atom stereocenters. The highest BCUT2D eigenvalue weighted by Gasteiger charge is 2.17. The van der Waals surface area contributed by atoms with Gasteiger partial charge < -0.3 is 24.3 Å². The first kappa shape index (κ1) is 33.7. The average Bonchev–Trinajstić information content (AvgIpc) is 3.17. The van der Waals surface area contributed by atoms with Crippen molar-refractivity contribution in [1.82, 2.24) is 0 Å². The molecule has 38 heavy (non-hydrogen) atoms. The summed E-state index contributed by atoms with van der Waals surface area (Å²) < 4.78 is 19.6. The van der Waals surface area contributed by atoms with Gasteiger partial charge in [-0.1, -0.05) is 50.3 Å². The molecule has 1 aliphatic rings. The third-order valence-electron chi connectivity index (χ3n) is 4.80. The van der Waals surface area contributed by atoms with Crippen LogP contribution in [0.2, 0.25) is 0 Å². The van der Waals surface area contributed by atoms with Crippen molar-refractivity contribution in [2.24, 2.45) is 4.99 Å². The Kier molecular flexibility index (Phi) is 17.6. The van der Waals surface area contributed by atoms with E-state index in [0.29, 0.717) is 29.3 Å². The molecule has 1 amide bonds. The molecule has 0 heterocycles. The number of carbonyl (C=O) groups is 2. The molecule has 3 rings (SSSR count). The second kappa shape index (κ2) is 19.8. The van der Waals surface area contributed by atoms with Crippen molar-refractivity contribution in [3.05, 3.63) is 83.1 Å². The van der Waals surface area contributed by atoms with Gasteiger partial charge in [0.25, 0.3) is 12.4 Å². The summed E-state index contributed by atoms with van der Waals surface area (Å²) in [7, 11) is 5.86. The summed E-state index contributed by atoms with van der Waals surface area (Å²) in [5.74, 6) is 1.09. The zero-order valence-electron chi connectivity index (χ0n) is 23.7. The summed E-state index contributed by atoms with van der Waals surface area (Å²) in [6.45, 7) is 11.9. The van der Waals surface area contributed by atoms with Gasteiger partial charge >= 0.3 is 0 Å². The van der Waals surface area contributed by atoms with E-state index < -0.39 is 0 Å². The number of methoxy groups -OCH3 is 4. The molecule has 2 aromatic rings. The molecule has 0 aromatic heterocycles. The monoisotopic (exact) mass is 524 g/mol. The Morgan fingerprint density at radius 1 is 1.00 bits per heavy atom. The second-order valence-corrected chi connectivity index (χ2v) is 7.33. The zero-order chi connectivity index (χ0) is 28.9. The minimum absolute atomic E-state index is 0.246. The number of hydrogen-bond acceptors (Lipinski definition) is 7. The van der Waals surface area contributed by atoms with E-state index in [-0.39, 0.29) is 5.91 Å². The number of carbonyl (C=O) groups excluding carboxylic acids is 2. The number of benzene rings is 2. The number of hydrogen-bond donors (Lipinski definition) is 1. The molecule has 2 aromatic carbocycles. The van der Waals surface area contributed by atoms with Gasteiger partial charge in [0.2, 0.25) is 5.75 Å². The number of anilines is 1. The number of rotatable bonds is 7. The van der Waals surface area contributed by atoms with Crippen LogP contribution >= 0.6 is 0 Å². The van der Waals surface area contributed by atoms with Crippen LogP contribution in [0.15, 0.2) is 77.0 Å². The molecule has 0 bridgehead atoms. The van der Waals surface area contributed by atoms with E-state index in [1.807, 2.05) is 64.1 Å². The number of amides is 1. The fraction of sp³-hybridized carbons (Fsp3) is 0.300. The van der Waals surface area contributed by atoms with Crippen LogP contribution in [0.3, 0.4) is 0 Å². The molecule has 1 N–H and O–H groups in total. The maximum absolute atomic E-state index is 12.4. The van der Waals surface area contributed by atoms with Crippen LogP contribution in [0.1, 0.15) is 43.1 Å². The third-order valence-corrected chi connectivity index (χ3v) is 4.80. The number of aliphatic imine (C=N–C) groups is 1. The fourth-order valence-electron chi connectivity index (χ4n) is 3.04. The standard InChI is InChI=1S/C17H19NO4.C9H11N.C2H4O2.C2H6/c1-11-6-5-7-13(8-11)18-17(19)12-9-14(20-2)16(22-4)15(10-12)21-3;1-8-6-4-3-5-7-9(8)10-2;1-4-2-3;1-2/h5-10H,1-4H3,(H,18,19);3-4,6-7H,2,5H2,1H3;2H,1H3;1-2H3. The largest absolute Gasteiger partial charge is 0.493 e. The summed E-state index contributed by atoms with van der Waals surface area (Å²) in [4.78, 5) is 25.2. The molecule has 0 radical (unpaired) electrons. The lowest BCUT2D eigenvalue weighted by molar-refractivity contribution is -0.126. The van der Waals surface area contributed by atoms with Crippen molar-refractivity contribution >= 4 is 24.8 Å². The minimum Gasteiger partial charge on any atom is -0.493 e. The van der Waals surface area contributed by atoms with Crippen molar-refractivity contribution in [2.75, 3.05) is 33.8 Å². The lowest BCUT2D eigenvalue weighted by Crippen LogP contribution is -2.12. The molecule has 1 aliphatic carbocycles. The van der Waals surface area contributed by atoms with E-state index in [2.05, 4.69) is 33.9 Å². The molecular formula is C30H40N2O6. The first-order valence-corrected chi connectivity index (χ1v) is 12.0. The normalized spacial score (nSPS) is 11.1. The van der Waals surface area contributed by atoms with E-state index in [9.17, 15) is 4.79 Å². The predicted octanol–water partition coefficient (Wildman–Crippen LogP) is 6.57. The number of allylic oxidation sites excluding steroid dienone is 5. The molecule has 0 atom stereocenters. The van der Waals surface area contributed by atoms with Gasteiger partial charge in [-0.3, -0.25) is 14.6 Å². The summed E-state index contributed by atoms with van der Waals surface area (Å²) >= 11 is 0. The van der Waals surface area contributed by atoms with Crippen LogP contribution in [-0.2, 0) is 9.53 Å². The average molecular weight is 525 g/mol. The number of ether oxygens (including phenoxy) is 4. The minimum atomic E-state index is -0.246. The summed E-state index contributed by atoms with van der Waals surface area (Å²) in [5, 5.41) is 2.85. The molecule has 0 saturated heterocycles. The molecule has 0 saturated carbocycles. The van der Waals surface area contributed by atoms with E-state index in [1.165, 1.54) is 34.0 Å². The Bertz CT molecular complexity index is 1090. The van der Waals surface area contributed by atoms with Crippen LogP contribution in [0.25, 0.3) is 0 Å². The molecule has 206 valence electrons. The molecule has 0 aliphatic heterocycles. The second-order valence-electron chi connectivity index (χ2n) is 7.33. The van der Waals surface area contributed by atoms with Gasteiger partial charge in [-0.2, -0.15) is 0 Å². The quantitative estimate of drug-likeness (QED) is 0.325. The highest BCUT2D eigenvalue weighted by molar-refractivity contribution is 6.05. The number of nitrogens with zero attached hydrogens (tertiary/aromatic N) is 1. The predicted molar refractivity (Wildman–Crippen MR) is 155 cm³/mol. The van der Waals surface area contributed by atoms with Crippen molar-refractivity contribution < 1.29 is 28.5 Å². The third kappa shape index (κ3) is 11.6. The molecular weight excluding hydrogens is 484 g/mol. The van der Waals surface area contributed by atoms with Gasteiger partial charge in [-0.15, -0.1) is 0 Å². The van der Waals surface area contributed by atoms with Crippen molar-refractivity contribution in [3.8, 4) is 17.2 Å². The summed E-state index contributed by atoms with van der Waals surface area (Å²) in [5.41, 5.74) is 4.42. The number of aryl methyl sites for hydroxylation is 1. The SMILES string of the molecule is C=NC1=CCC=CC=C1C.CC.COC=O.COc1cc(C(=O)Nc2cccc(C)c2)cc(OC)c1OC. The topological polar surface area (TPSA) is 95.5 Å². The molecule has 8 heteroatoms. The van der Waals surface area contributed by atoms with E-state index >= 15 is 0 Å². The van der Waals surface area contributed by atoms with Crippen LogP contribution in [0.4, 0.5) is 5.69 Å². The van der Waals surface area contributed by atoms with Gasteiger partial charge in [0.1, 0.15) is 0 Å². The lowest BCUT2D eigenvalue weighted by Gasteiger charge is -2.14. The fourth-order valence-corrected chi connectivity index (χ4v) is 3.04. The Labute approximate surface area is 226 Å². The highest BCUT2D eigenvalue weighted by Crippen LogP contribution is 2.38. The Morgan fingerprint density at radius 3 is 2.08 bits per heavy atom. The highest BCUT2D eigenvalue weighted by atomic mass is 16.5. The smallest absolute Gasteiger partial charge is 0.292 e. The first-order valence-electron chi connectivity index (χ1n) is 12.0. The van der Waals surface area contributed by atoms with E-state index in [4.69, 9.17) is 19.0 Å². The summed E-state index contributed by atoms with van der Waals surface area (Å²) in [6.07, 6.45) is 9.23. The van der Waals surface area contributed by atoms with Crippen LogP contribution in [0.5, 0.6) is 17.2 Å². The molecule has 8 nitrogen and oxygen atoms in total. The maximum atomic E-state index is 12.4. The van der Waals surface area contributed by atoms with Gasteiger partial charge in [0.05, 0.1) is 34.1 Å². The van der Waals surface area contributed by atoms with Crippen LogP contribution in [0, 0.1) is 6.92 Å². The first-order chi connectivity index (χ1) is 18.3. The zero-order valence-corrected chi connectivity index (χ0v) is 23.7. The number of nitrogens with one attached hydrogen (secondary N) is 1. The van der Waals surface area contributed by atoms with Gasteiger partial charge in [-0.05, 0) is 62.4 Å². The van der Waals surface area contributed by atoms with E-state index in [1.54, 1.807) is 12.1 Å². The van der Waals surface area contributed by atoms with Gasteiger partial charge in [0.15, 0.2) is 11.5 Å². The van der Waals surface area contributed by atoms with Gasteiger partial charge in [-0.25, -0.2) is 0 Å². The molecule has 0 spiro atoms. The van der Waals surface area contributed by atoms with Crippen LogP contribution in [-0.4, -0.2) is 47.5 Å². The van der Waals surface area contributed by atoms with Crippen LogP contribution < -0.4 is 19.5 Å². The lowest BCUT2D eigenvalue weighted by atomic mass is 10.1. The van der Waals surface area contributed by atoms with Gasteiger partial charge in [0, 0.05) is 11.3 Å². The van der Waals surface area contributed by atoms with Crippen molar-refractivity contribution in [1.29, 1.82) is 0 Å². The Balaban J connectivity index is 0.000000707. The van der Waals surface area contributed by atoms with E-state index in [0.717, 1.165) is 23.4 Å². The van der Waals surface area contributed by atoms with Crippen molar-refractivity contribution in [2.45, 2.75) is 34.1 Å². The van der Waals surface area contributed by atoms with Crippen molar-refractivity contribution in [3.63, 3.8) is 0 Å². The molecule has 0 fully saturated rings. The maximum Gasteiger partial charge on any atom is 0.292 e. The Morgan fingerprint density at radius 2 is 1.61 bits per heavy atom.